The Kier molecular flexibility index (Phi) is 8.13. The van der Waals surface area contributed by atoms with Crippen LogP contribution in [0.15, 0.2) is 21.9 Å². The van der Waals surface area contributed by atoms with E-state index in [9.17, 15) is 22.8 Å². The standard InChI is InChI=1S/C27H36ClF3N6O2/c1-16-14-37(17(2)13-36(16)20-7-9-35(10-8-20)19-5-3-4-6-19)26-21(28)11-18(12-32-26)34-23-22(24(38)25(23)39)33-15-27(29,30)31/h11-12,16-17,19-20,33-34H,3-10,13-15H2,1-2H3/t16-,17+/m1/s1. The van der Waals surface area contributed by atoms with Crippen molar-refractivity contribution in [1.82, 2.24) is 14.8 Å². The second kappa shape index (κ2) is 11.2. The highest BCUT2D eigenvalue weighted by atomic mass is 35.5. The molecule has 0 unspecified atom stereocenters. The van der Waals surface area contributed by atoms with E-state index in [-0.39, 0.29) is 17.4 Å². The van der Waals surface area contributed by atoms with Gasteiger partial charge in [0.05, 0.1) is 16.9 Å². The molecule has 5 rings (SSSR count). The molecule has 214 valence electrons. The van der Waals surface area contributed by atoms with Gasteiger partial charge in [-0.1, -0.05) is 24.4 Å². The smallest absolute Gasteiger partial charge is 0.371 e. The van der Waals surface area contributed by atoms with Gasteiger partial charge < -0.3 is 20.4 Å². The molecule has 0 bridgehead atoms. The number of alkyl halides is 3. The van der Waals surface area contributed by atoms with E-state index in [2.05, 4.69) is 38.8 Å². The van der Waals surface area contributed by atoms with Crippen LogP contribution in [-0.4, -0.2) is 77.9 Å². The van der Waals surface area contributed by atoms with E-state index in [0.29, 0.717) is 28.6 Å². The van der Waals surface area contributed by atoms with Gasteiger partial charge in [-0.25, -0.2) is 4.98 Å². The summed E-state index contributed by atoms with van der Waals surface area (Å²) in [7, 11) is 0. The second-order valence-electron chi connectivity index (χ2n) is 11.3. The van der Waals surface area contributed by atoms with Gasteiger partial charge in [-0.3, -0.25) is 14.5 Å². The fraction of sp³-hybridized carbons (Fsp3) is 0.667. The number of piperidine rings is 1. The predicted octanol–water partition coefficient (Wildman–Crippen LogP) is 4.35. The molecule has 1 saturated carbocycles. The lowest BCUT2D eigenvalue weighted by atomic mass is 9.96. The minimum absolute atomic E-state index is 0.185. The number of aromatic nitrogens is 1. The van der Waals surface area contributed by atoms with Gasteiger partial charge in [0, 0.05) is 37.3 Å². The highest BCUT2D eigenvalue weighted by Gasteiger charge is 2.37. The molecule has 3 heterocycles. The van der Waals surface area contributed by atoms with Crippen LogP contribution in [0.3, 0.4) is 0 Å². The van der Waals surface area contributed by atoms with Gasteiger partial charge in [-0.2, -0.15) is 13.2 Å². The zero-order valence-corrected chi connectivity index (χ0v) is 23.1. The first-order valence-electron chi connectivity index (χ1n) is 13.8. The van der Waals surface area contributed by atoms with Gasteiger partial charge in [0.2, 0.25) is 0 Å². The number of rotatable bonds is 7. The van der Waals surface area contributed by atoms with E-state index in [1.54, 1.807) is 6.07 Å². The van der Waals surface area contributed by atoms with Crippen molar-refractivity contribution in [2.45, 2.75) is 82.7 Å². The maximum atomic E-state index is 12.6. The van der Waals surface area contributed by atoms with Crippen LogP contribution >= 0.6 is 11.6 Å². The first-order chi connectivity index (χ1) is 18.5. The molecule has 2 aliphatic heterocycles. The lowest BCUT2D eigenvalue weighted by Crippen LogP contribution is -2.61. The number of nitrogens with zero attached hydrogens (tertiary/aromatic N) is 4. The number of likely N-dealkylation sites (tertiary alicyclic amines) is 1. The highest BCUT2D eigenvalue weighted by molar-refractivity contribution is 6.33. The zero-order valence-electron chi connectivity index (χ0n) is 22.4. The molecule has 8 nitrogen and oxygen atoms in total. The van der Waals surface area contributed by atoms with Gasteiger partial charge in [-0.15, -0.1) is 0 Å². The fourth-order valence-electron chi connectivity index (χ4n) is 6.53. The molecule has 2 N–H and O–H groups in total. The minimum atomic E-state index is -4.52. The number of halogens is 4. The largest absolute Gasteiger partial charge is 0.405 e. The molecule has 2 aromatic rings. The molecule has 1 aromatic carbocycles. The summed E-state index contributed by atoms with van der Waals surface area (Å²) in [5, 5.41) is 5.07. The number of anilines is 4. The van der Waals surface area contributed by atoms with Crippen LogP contribution in [0.5, 0.6) is 0 Å². The van der Waals surface area contributed by atoms with E-state index in [1.165, 1.54) is 57.8 Å². The molecule has 12 heteroatoms. The Morgan fingerprint density at radius 1 is 0.974 bits per heavy atom. The summed E-state index contributed by atoms with van der Waals surface area (Å²) in [5.74, 6) is 0.623. The summed E-state index contributed by atoms with van der Waals surface area (Å²) in [6.45, 7) is 7.03. The lowest BCUT2D eigenvalue weighted by Gasteiger charge is -2.50. The molecule has 0 radical (unpaired) electrons. The Bertz CT molecular complexity index is 1240. The van der Waals surface area contributed by atoms with Crippen LogP contribution in [0.25, 0.3) is 0 Å². The van der Waals surface area contributed by atoms with E-state index in [0.717, 1.165) is 19.1 Å². The highest BCUT2D eigenvalue weighted by Crippen LogP contribution is 2.34. The molecule has 3 aliphatic rings. The molecule has 0 amide bonds. The zero-order chi connectivity index (χ0) is 27.9. The number of piperazine rings is 1. The molecule has 0 spiro atoms. The SMILES string of the molecule is C[C@@H]1CN(c2ncc(Nc3c(NCC(F)(F)F)c(=O)c3=O)cc2Cl)[C@@H](C)CN1C1CCN(C2CCCC2)CC1. The third-order valence-corrected chi connectivity index (χ3v) is 8.86. The molecule has 1 aromatic heterocycles. The van der Waals surface area contributed by atoms with Crippen molar-refractivity contribution in [2.24, 2.45) is 0 Å². The molecule has 2 saturated heterocycles. The minimum Gasteiger partial charge on any atom is -0.371 e. The van der Waals surface area contributed by atoms with Crippen molar-refractivity contribution in [3.8, 4) is 0 Å². The van der Waals surface area contributed by atoms with Crippen LogP contribution in [0, 0.1) is 0 Å². The van der Waals surface area contributed by atoms with Crippen molar-refractivity contribution < 1.29 is 13.2 Å². The predicted molar refractivity (Wildman–Crippen MR) is 148 cm³/mol. The van der Waals surface area contributed by atoms with Gasteiger partial charge in [0.15, 0.2) is 0 Å². The van der Waals surface area contributed by atoms with Crippen LogP contribution in [0.1, 0.15) is 52.4 Å². The number of hydrogen-bond donors (Lipinski definition) is 2. The number of hydrogen-bond acceptors (Lipinski definition) is 8. The number of pyridine rings is 1. The Morgan fingerprint density at radius 2 is 1.64 bits per heavy atom. The van der Waals surface area contributed by atoms with Crippen molar-refractivity contribution in [1.29, 1.82) is 0 Å². The van der Waals surface area contributed by atoms with Gasteiger partial charge in [0.1, 0.15) is 23.7 Å². The molecule has 1 aliphatic carbocycles. The summed E-state index contributed by atoms with van der Waals surface area (Å²) in [4.78, 5) is 35.8. The van der Waals surface area contributed by atoms with Gasteiger partial charge in [-0.05, 0) is 58.7 Å². The topological polar surface area (TPSA) is 80.8 Å². The first-order valence-corrected chi connectivity index (χ1v) is 14.2. The fourth-order valence-corrected chi connectivity index (χ4v) is 6.81. The first kappa shape index (κ1) is 28.2. The summed E-state index contributed by atoms with van der Waals surface area (Å²) < 4.78 is 37.7. The molecule has 2 atom stereocenters. The lowest BCUT2D eigenvalue weighted by molar-refractivity contribution is -0.115. The Balaban J connectivity index is 1.21. The third-order valence-electron chi connectivity index (χ3n) is 8.58. The van der Waals surface area contributed by atoms with Crippen LogP contribution in [0.4, 0.5) is 36.1 Å². The van der Waals surface area contributed by atoms with Crippen molar-refractivity contribution in [2.75, 3.05) is 48.3 Å². The summed E-state index contributed by atoms with van der Waals surface area (Å²) in [6, 6.07) is 3.45. The average molecular weight is 569 g/mol. The van der Waals surface area contributed by atoms with Crippen LogP contribution in [-0.2, 0) is 0 Å². The second-order valence-corrected chi connectivity index (χ2v) is 11.7. The van der Waals surface area contributed by atoms with Gasteiger partial charge >= 0.3 is 6.18 Å². The maximum absolute atomic E-state index is 12.6. The molecule has 3 fully saturated rings. The van der Waals surface area contributed by atoms with E-state index in [1.807, 2.05) is 5.32 Å². The van der Waals surface area contributed by atoms with E-state index < -0.39 is 23.6 Å². The van der Waals surface area contributed by atoms with Crippen molar-refractivity contribution >= 4 is 34.5 Å². The number of nitrogens with one attached hydrogen (secondary N) is 2. The normalized spacial score (nSPS) is 24.5. The summed E-state index contributed by atoms with van der Waals surface area (Å²) in [6.07, 6.45) is 4.78. The Hall–Kier alpha value is -2.37. The molecular weight excluding hydrogens is 533 g/mol. The summed E-state index contributed by atoms with van der Waals surface area (Å²) in [5.41, 5.74) is -2.15. The van der Waals surface area contributed by atoms with Crippen molar-refractivity contribution in [3.05, 3.63) is 37.7 Å². The summed E-state index contributed by atoms with van der Waals surface area (Å²) >= 11 is 6.61. The van der Waals surface area contributed by atoms with Gasteiger partial charge in [0.25, 0.3) is 10.9 Å². The Morgan fingerprint density at radius 3 is 2.28 bits per heavy atom. The third kappa shape index (κ3) is 6.05. The Labute approximate surface area is 231 Å². The maximum Gasteiger partial charge on any atom is 0.405 e. The molecular formula is C27H36ClF3N6O2. The molecule has 39 heavy (non-hydrogen) atoms. The van der Waals surface area contributed by atoms with E-state index >= 15 is 0 Å². The van der Waals surface area contributed by atoms with Crippen molar-refractivity contribution in [3.63, 3.8) is 0 Å². The van der Waals surface area contributed by atoms with E-state index in [4.69, 9.17) is 11.6 Å². The monoisotopic (exact) mass is 568 g/mol. The quantitative estimate of drug-likeness (QED) is 0.477. The van der Waals surface area contributed by atoms with Crippen LogP contribution in [0.2, 0.25) is 5.02 Å². The van der Waals surface area contributed by atoms with Crippen LogP contribution < -0.4 is 26.4 Å². The average Bonchev–Trinajstić information content (AvgIpc) is 3.44.